The van der Waals surface area contributed by atoms with Gasteiger partial charge in [-0.2, -0.15) is 5.10 Å². The highest BCUT2D eigenvalue weighted by molar-refractivity contribution is 5.99. The molecular formula is C24H25N5O3. The van der Waals surface area contributed by atoms with Gasteiger partial charge in [-0.1, -0.05) is 12.1 Å². The number of amides is 2. The molecule has 2 amide bonds. The highest BCUT2D eigenvalue weighted by atomic mass is 16.5. The second-order valence-electron chi connectivity index (χ2n) is 8.40. The summed E-state index contributed by atoms with van der Waals surface area (Å²) in [5.74, 6) is 0.906. The van der Waals surface area contributed by atoms with Crippen molar-refractivity contribution in [2.75, 3.05) is 18.1 Å². The van der Waals surface area contributed by atoms with Gasteiger partial charge in [-0.25, -0.2) is 4.98 Å². The van der Waals surface area contributed by atoms with Crippen LogP contribution in [-0.2, 0) is 24.8 Å². The van der Waals surface area contributed by atoms with E-state index in [1.807, 2.05) is 56.8 Å². The number of hydrogen-bond acceptors (Lipinski definition) is 5. The molecule has 3 aromatic rings. The first-order chi connectivity index (χ1) is 15.3. The lowest BCUT2D eigenvalue weighted by Crippen LogP contribution is -2.39. The summed E-state index contributed by atoms with van der Waals surface area (Å²) in [5, 5.41) is 7.37. The lowest BCUT2D eigenvalue weighted by molar-refractivity contribution is -0.121. The molecule has 0 aliphatic carbocycles. The predicted molar refractivity (Wildman–Crippen MR) is 120 cm³/mol. The van der Waals surface area contributed by atoms with Crippen molar-refractivity contribution in [2.45, 2.75) is 33.7 Å². The molecule has 5 rings (SSSR count). The number of nitrogens with one attached hydrogen (secondary N) is 1. The van der Waals surface area contributed by atoms with Crippen molar-refractivity contribution in [2.24, 2.45) is 7.05 Å². The second kappa shape index (κ2) is 7.47. The van der Waals surface area contributed by atoms with Gasteiger partial charge >= 0.3 is 0 Å². The van der Waals surface area contributed by atoms with Gasteiger partial charge in [0, 0.05) is 36.0 Å². The molecule has 8 heteroatoms. The van der Waals surface area contributed by atoms with E-state index in [-0.39, 0.29) is 18.4 Å². The first kappa shape index (κ1) is 20.2. The number of carbonyl (C=O) groups excluding carboxylic acids is 2. The quantitative estimate of drug-likeness (QED) is 0.689. The number of benzene rings is 1. The van der Waals surface area contributed by atoms with Crippen LogP contribution in [0, 0.1) is 20.8 Å². The first-order valence-electron chi connectivity index (χ1n) is 10.7. The highest BCUT2D eigenvalue weighted by Gasteiger charge is 2.31. The van der Waals surface area contributed by atoms with Crippen molar-refractivity contribution in [1.82, 2.24) is 20.1 Å². The van der Waals surface area contributed by atoms with E-state index in [4.69, 9.17) is 9.72 Å². The van der Waals surface area contributed by atoms with Crippen LogP contribution < -0.4 is 15.0 Å². The summed E-state index contributed by atoms with van der Waals surface area (Å²) in [6, 6.07) is 7.79. The van der Waals surface area contributed by atoms with Crippen LogP contribution in [0.25, 0.3) is 11.3 Å². The van der Waals surface area contributed by atoms with Gasteiger partial charge in [0.25, 0.3) is 11.8 Å². The summed E-state index contributed by atoms with van der Waals surface area (Å²) in [6.45, 7) is 6.90. The second-order valence-corrected chi connectivity index (χ2v) is 8.40. The van der Waals surface area contributed by atoms with Crippen molar-refractivity contribution < 1.29 is 14.3 Å². The zero-order valence-corrected chi connectivity index (χ0v) is 18.7. The van der Waals surface area contributed by atoms with Gasteiger partial charge in [-0.15, -0.1) is 0 Å². The van der Waals surface area contributed by atoms with E-state index in [9.17, 15) is 9.59 Å². The third kappa shape index (κ3) is 3.23. The Labute approximate surface area is 186 Å². The molecule has 0 radical (unpaired) electrons. The molecule has 4 heterocycles. The number of anilines is 1. The highest BCUT2D eigenvalue weighted by Crippen LogP contribution is 2.38. The SMILES string of the molecule is Cc1cc(-c2ccc3c(c2)C(=O)NCC3)nc2c1OCC(=O)N2Cc1c(C)nn(C)c1C. The minimum atomic E-state index is -0.144. The molecular weight excluding hydrogens is 406 g/mol. The Kier molecular flexibility index (Phi) is 4.73. The van der Waals surface area contributed by atoms with Crippen molar-refractivity contribution in [1.29, 1.82) is 0 Å². The molecule has 8 nitrogen and oxygen atoms in total. The molecule has 1 aromatic carbocycles. The lowest BCUT2D eigenvalue weighted by atomic mass is 9.96. The van der Waals surface area contributed by atoms with Gasteiger partial charge in [0.15, 0.2) is 18.2 Å². The van der Waals surface area contributed by atoms with Crippen LogP contribution in [0.4, 0.5) is 5.82 Å². The van der Waals surface area contributed by atoms with Crippen molar-refractivity contribution in [3.8, 4) is 17.0 Å². The Bertz CT molecular complexity index is 1280. The Morgan fingerprint density at radius 3 is 2.72 bits per heavy atom. The maximum atomic E-state index is 12.9. The molecule has 2 aliphatic rings. The van der Waals surface area contributed by atoms with Gasteiger partial charge in [0.2, 0.25) is 0 Å². The van der Waals surface area contributed by atoms with E-state index in [0.29, 0.717) is 35.9 Å². The van der Waals surface area contributed by atoms with Gasteiger partial charge in [0.05, 0.1) is 17.9 Å². The van der Waals surface area contributed by atoms with Gasteiger partial charge in [0.1, 0.15) is 0 Å². The first-order valence-corrected chi connectivity index (χ1v) is 10.7. The number of ether oxygens (including phenoxy) is 1. The molecule has 2 aromatic heterocycles. The number of hydrogen-bond donors (Lipinski definition) is 1. The fourth-order valence-electron chi connectivity index (χ4n) is 4.42. The maximum absolute atomic E-state index is 12.9. The molecule has 0 fully saturated rings. The smallest absolute Gasteiger partial charge is 0.266 e. The average Bonchev–Trinajstić information content (AvgIpc) is 3.01. The van der Waals surface area contributed by atoms with Crippen LogP contribution >= 0.6 is 0 Å². The molecule has 164 valence electrons. The summed E-state index contributed by atoms with van der Waals surface area (Å²) < 4.78 is 7.58. The van der Waals surface area contributed by atoms with Crippen LogP contribution in [0.1, 0.15) is 38.4 Å². The summed E-state index contributed by atoms with van der Waals surface area (Å²) >= 11 is 0. The maximum Gasteiger partial charge on any atom is 0.266 e. The average molecular weight is 431 g/mol. The molecule has 32 heavy (non-hydrogen) atoms. The van der Waals surface area contributed by atoms with E-state index in [2.05, 4.69) is 10.4 Å². The van der Waals surface area contributed by atoms with Gasteiger partial charge in [-0.05, 0) is 50.5 Å². The van der Waals surface area contributed by atoms with Gasteiger partial charge in [-0.3, -0.25) is 19.2 Å². The summed E-state index contributed by atoms with van der Waals surface area (Å²) in [4.78, 5) is 31.7. The number of aryl methyl sites for hydroxylation is 3. The van der Waals surface area contributed by atoms with Crippen LogP contribution in [-0.4, -0.2) is 39.7 Å². The Morgan fingerprint density at radius 2 is 1.97 bits per heavy atom. The zero-order chi connectivity index (χ0) is 22.6. The topological polar surface area (TPSA) is 89.3 Å². The lowest BCUT2D eigenvalue weighted by Gasteiger charge is -2.30. The molecule has 0 unspecified atom stereocenters. The Morgan fingerprint density at radius 1 is 1.16 bits per heavy atom. The molecule has 0 spiro atoms. The molecule has 0 saturated heterocycles. The fourth-order valence-corrected chi connectivity index (χ4v) is 4.42. The van der Waals surface area contributed by atoms with E-state index in [1.165, 1.54) is 0 Å². The van der Waals surface area contributed by atoms with Crippen LogP contribution in [0.15, 0.2) is 24.3 Å². The van der Waals surface area contributed by atoms with Crippen LogP contribution in [0.3, 0.4) is 0 Å². The number of carbonyl (C=O) groups is 2. The monoisotopic (exact) mass is 431 g/mol. The molecule has 0 saturated carbocycles. The molecule has 1 N–H and O–H groups in total. The largest absolute Gasteiger partial charge is 0.480 e. The summed E-state index contributed by atoms with van der Waals surface area (Å²) in [7, 11) is 1.90. The third-order valence-electron chi connectivity index (χ3n) is 6.34. The number of nitrogens with zero attached hydrogens (tertiary/aromatic N) is 4. The Hall–Kier alpha value is -3.68. The fraction of sp³-hybridized carbons (Fsp3) is 0.333. The van der Waals surface area contributed by atoms with Crippen molar-refractivity contribution >= 4 is 17.6 Å². The standard InChI is InChI=1S/C24H25N5O3/c1-13-9-20(17-6-5-16-7-8-25-24(31)18(16)10-17)26-23-22(13)32-12-21(30)29(23)11-19-14(2)27-28(4)15(19)3/h5-6,9-10H,7-8,11-12H2,1-4H3,(H,25,31). The summed E-state index contributed by atoms with van der Waals surface area (Å²) in [5.41, 5.74) is 7.04. The molecule has 0 bridgehead atoms. The van der Waals surface area contributed by atoms with Crippen LogP contribution in [0.5, 0.6) is 5.75 Å². The van der Waals surface area contributed by atoms with E-state index in [1.54, 1.807) is 4.90 Å². The van der Waals surface area contributed by atoms with Crippen molar-refractivity contribution in [3.05, 3.63) is 57.9 Å². The number of rotatable bonds is 3. The van der Waals surface area contributed by atoms with Gasteiger partial charge < -0.3 is 10.1 Å². The minimum Gasteiger partial charge on any atom is -0.480 e. The van der Waals surface area contributed by atoms with E-state index >= 15 is 0 Å². The number of fused-ring (bicyclic) bond motifs is 2. The van der Waals surface area contributed by atoms with Crippen molar-refractivity contribution in [3.63, 3.8) is 0 Å². The third-order valence-corrected chi connectivity index (χ3v) is 6.34. The molecule has 0 atom stereocenters. The zero-order valence-electron chi connectivity index (χ0n) is 18.7. The number of pyridine rings is 1. The summed E-state index contributed by atoms with van der Waals surface area (Å²) in [6.07, 6.45) is 0.817. The molecule has 2 aliphatic heterocycles. The minimum absolute atomic E-state index is 0.0216. The Balaban J connectivity index is 1.59. The van der Waals surface area contributed by atoms with E-state index < -0.39 is 0 Å². The van der Waals surface area contributed by atoms with Crippen LogP contribution in [0.2, 0.25) is 0 Å². The normalized spacial score (nSPS) is 15.2. The predicted octanol–water partition coefficient (Wildman–Crippen LogP) is 2.62. The van der Waals surface area contributed by atoms with E-state index in [0.717, 1.165) is 40.1 Å². The number of aromatic nitrogens is 3.